The van der Waals surface area contributed by atoms with Crippen molar-refractivity contribution in [2.45, 2.75) is 64.3 Å². The number of rotatable bonds is 5. The normalized spacial score (nSPS) is 12.6. The van der Waals surface area contributed by atoms with Crippen LogP contribution in [0.1, 0.15) is 49.4 Å². The monoisotopic (exact) mass is 484 g/mol. The number of carbonyl (C=O) groups is 1. The average Bonchev–Trinajstić information content (AvgIpc) is 2.92. The van der Waals surface area contributed by atoms with Gasteiger partial charge in [0.25, 0.3) is 5.56 Å². The fourth-order valence-corrected chi connectivity index (χ4v) is 4.60. The van der Waals surface area contributed by atoms with E-state index in [-0.39, 0.29) is 27.0 Å². The number of fused-ring (bicyclic) bond motifs is 1. The molecule has 0 bridgehead atoms. The summed E-state index contributed by atoms with van der Waals surface area (Å²) in [6, 6.07) is 0. The molecule has 0 radical (unpaired) electrons. The van der Waals surface area contributed by atoms with E-state index >= 15 is 0 Å². The highest BCUT2D eigenvalue weighted by Crippen LogP contribution is 2.32. The van der Waals surface area contributed by atoms with E-state index in [4.69, 9.17) is 4.74 Å². The first-order chi connectivity index (χ1) is 12.8. The van der Waals surface area contributed by atoms with Crippen molar-refractivity contribution in [3.63, 3.8) is 0 Å². The summed E-state index contributed by atoms with van der Waals surface area (Å²) >= 11 is 4.03. The third kappa shape index (κ3) is 4.68. The highest BCUT2D eigenvalue weighted by Gasteiger charge is 2.30. The van der Waals surface area contributed by atoms with Gasteiger partial charge in [-0.05, 0) is 27.7 Å². The summed E-state index contributed by atoms with van der Waals surface area (Å²) in [5.41, 5.74) is -1.95. The Balaban J connectivity index is 2.81. The van der Waals surface area contributed by atoms with Crippen LogP contribution in [0.15, 0.2) is 9.59 Å². The minimum Gasteiger partial charge on any atom is -0.456 e. The van der Waals surface area contributed by atoms with Crippen LogP contribution in [0.4, 0.5) is 13.2 Å². The van der Waals surface area contributed by atoms with Gasteiger partial charge in [0.1, 0.15) is 15.3 Å². The summed E-state index contributed by atoms with van der Waals surface area (Å²) in [4.78, 5) is 38.1. The molecule has 0 aromatic carbocycles. The lowest BCUT2D eigenvalue weighted by Gasteiger charge is -2.19. The van der Waals surface area contributed by atoms with E-state index in [0.717, 1.165) is 20.5 Å². The van der Waals surface area contributed by atoms with Gasteiger partial charge in [-0.15, -0.1) is 11.3 Å². The number of aromatic nitrogens is 2. The summed E-state index contributed by atoms with van der Waals surface area (Å²) < 4.78 is 45.3. The Morgan fingerprint density at radius 2 is 1.79 bits per heavy atom. The molecule has 2 heterocycles. The Labute approximate surface area is 171 Å². The first-order valence-electron chi connectivity index (χ1n) is 8.45. The highest BCUT2D eigenvalue weighted by molar-refractivity contribution is 9.08. The number of nitrogens with zero attached hydrogens (tertiary/aromatic N) is 2. The molecule has 0 N–H and O–H groups in total. The van der Waals surface area contributed by atoms with Crippen molar-refractivity contribution in [2.24, 2.45) is 0 Å². The zero-order valence-corrected chi connectivity index (χ0v) is 18.2. The Kier molecular flexibility index (Phi) is 6.49. The van der Waals surface area contributed by atoms with Gasteiger partial charge in [0.05, 0.1) is 11.8 Å². The lowest BCUT2D eigenvalue weighted by atomic mass is 10.2. The van der Waals surface area contributed by atoms with Crippen LogP contribution in [0.2, 0.25) is 0 Å². The quantitative estimate of drug-likeness (QED) is 0.474. The lowest BCUT2D eigenvalue weighted by molar-refractivity contribution is -0.136. The van der Waals surface area contributed by atoms with Crippen molar-refractivity contribution in [2.75, 3.05) is 0 Å². The van der Waals surface area contributed by atoms with Crippen molar-refractivity contribution in [3.8, 4) is 0 Å². The van der Waals surface area contributed by atoms with Crippen molar-refractivity contribution < 1.29 is 22.7 Å². The highest BCUT2D eigenvalue weighted by atomic mass is 79.9. The number of carbonyl (C=O) groups excluding carboxylic acids is 1. The molecule has 2 rings (SSSR count). The van der Waals surface area contributed by atoms with Gasteiger partial charge in [0.15, 0.2) is 0 Å². The van der Waals surface area contributed by atoms with Crippen molar-refractivity contribution in [1.29, 1.82) is 0 Å². The maximum Gasteiger partial charge on any atom is 0.390 e. The molecule has 156 valence electrons. The number of esters is 1. The second-order valence-electron chi connectivity index (χ2n) is 7.07. The maximum atomic E-state index is 12.8. The summed E-state index contributed by atoms with van der Waals surface area (Å²) in [5.74, 6) is -0.694. The third-order valence-corrected chi connectivity index (χ3v) is 5.60. The number of hydrogen-bond acceptors (Lipinski definition) is 5. The number of aryl methyl sites for hydroxylation is 1. The van der Waals surface area contributed by atoms with Crippen LogP contribution in [-0.2, 0) is 23.2 Å². The Bertz CT molecular complexity index is 1020. The van der Waals surface area contributed by atoms with Crippen LogP contribution >= 0.6 is 27.3 Å². The molecule has 6 nitrogen and oxygen atoms in total. The Hall–Kier alpha value is -1.62. The molecular formula is C17H20BrF3N2O4S. The molecular weight excluding hydrogens is 465 g/mol. The van der Waals surface area contributed by atoms with E-state index in [1.54, 1.807) is 27.7 Å². The van der Waals surface area contributed by atoms with Crippen molar-refractivity contribution in [1.82, 2.24) is 9.13 Å². The van der Waals surface area contributed by atoms with Crippen LogP contribution < -0.4 is 11.2 Å². The van der Waals surface area contributed by atoms with Gasteiger partial charge in [-0.2, -0.15) is 13.2 Å². The molecule has 2 aromatic rings. The Morgan fingerprint density at radius 1 is 1.18 bits per heavy atom. The predicted octanol–water partition coefficient (Wildman–Crippen LogP) is 4.05. The lowest BCUT2D eigenvalue weighted by Crippen LogP contribution is -2.40. The first kappa shape index (κ1) is 22.7. The van der Waals surface area contributed by atoms with E-state index in [0.29, 0.717) is 5.56 Å². The standard InChI is InChI=1S/C17H20BrF3N2O4S/c1-5-22-12(24)10-9(8-18)11(14(25)27-16(2,3)4)28-13(10)23(15(22)26)7-6-17(19,20)21/h5-8H2,1-4H3. The number of thiophene rings is 1. The molecule has 0 aliphatic heterocycles. The summed E-state index contributed by atoms with van der Waals surface area (Å²) in [6.45, 7) is 5.94. The Morgan fingerprint density at radius 3 is 2.25 bits per heavy atom. The zero-order valence-electron chi connectivity index (χ0n) is 15.8. The SMILES string of the molecule is CCn1c(=O)c2c(CBr)c(C(=O)OC(C)(C)C)sc2n(CCC(F)(F)F)c1=O. The van der Waals surface area contributed by atoms with Gasteiger partial charge in [-0.25, -0.2) is 9.59 Å². The molecule has 11 heteroatoms. The molecule has 0 spiro atoms. The number of hydrogen-bond donors (Lipinski definition) is 0. The molecule has 2 aromatic heterocycles. The van der Waals surface area contributed by atoms with Gasteiger partial charge >= 0.3 is 17.8 Å². The predicted molar refractivity (Wildman–Crippen MR) is 104 cm³/mol. The van der Waals surface area contributed by atoms with Gasteiger partial charge in [-0.3, -0.25) is 13.9 Å². The smallest absolute Gasteiger partial charge is 0.390 e. The second kappa shape index (κ2) is 8.02. The minimum absolute atomic E-state index is 0.00102. The van der Waals surface area contributed by atoms with Gasteiger partial charge in [0.2, 0.25) is 0 Å². The fourth-order valence-electron chi connectivity index (χ4n) is 2.65. The molecule has 0 saturated heterocycles. The zero-order chi connectivity index (χ0) is 21.4. The molecule has 0 fully saturated rings. The second-order valence-corrected chi connectivity index (χ2v) is 8.63. The molecule has 28 heavy (non-hydrogen) atoms. The van der Waals surface area contributed by atoms with E-state index in [1.807, 2.05) is 0 Å². The molecule has 0 unspecified atom stereocenters. The van der Waals surface area contributed by atoms with Crippen LogP contribution in [0.3, 0.4) is 0 Å². The minimum atomic E-state index is -4.47. The van der Waals surface area contributed by atoms with Crippen LogP contribution in [0, 0.1) is 0 Å². The van der Waals surface area contributed by atoms with E-state index in [2.05, 4.69) is 15.9 Å². The summed E-state index contributed by atoms with van der Waals surface area (Å²) in [6.07, 6.45) is -5.70. The van der Waals surface area contributed by atoms with Gasteiger partial charge < -0.3 is 4.74 Å². The fraction of sp³-hybridized carbons (Fsp3) is 0.588. The van der Waals surface area contributed by atoms with Crippen LogP contribution in [0.25, 0.3) is 10.2 Å². The maximum absolute atomic E-state index is 12.8. The molecule has 0 saturated carbocycles. The topological polar surface area (TPSA) is 70.3 Å². The van der Waals surface area contributed by atoms with Crippen LogP contribution in [0.5, 0.6) is 0 Å². The van der Waals surface area contributed by atoms with Gasteiger partial charge in [-0.1, -0.05) is 15.9 Å². The molecule has 0 aliphatic carbocycles. The molecule has 0 aliphatic rings. The summed E-state index contributed by atoms with van der Waals surface area (Å²) in [7, 11) is 0. The molecule has 0 amide bonds. The van der Waals surface area contributed by atoms with Gasteiger partial charge in [0, 0.05) is 24.0 Å². The van der Waals surface area contributed by atoms with E-state index < -0.39 is 42.0 Å². The number of halogens is 4. The molecule has 0 atom stereocenters. The third-order valence-electron chi connectivity index (χ3n) is 3.81. The number of alkyl halides is 4. The first-order valence-corrected chi connectivity index (χ1v) is 10.4. The van der Waals surface area contributed by atoms with Crippen LogP contribution in [-0.4, -0.2) is 26.9 Å². The average molecular weight is 485 g/mol. The number of ether oxygens (including phenoxy) is 1. The van der Waals surface area contributed by atoms with Crippen molar-refractivity contribution >= 4 is 43.5 Å². The van der Waals surface area contributed by atoms with E-state index in [1.165, 1.54) is 0 Å². The largest absolute Gasteiger partial charge is 0.456 e. The van der Waals surface area contributed by atoms with E-state index in [9.17, 15) is 27.6 Å². The van der Waals surface area contributed by atoms with Crippen molar-refractivity contribution in [3.05, 3.63) is 31.3 Å². The summed E-state index contributed by atoms with van der Waals surface area (Å²) in [5, 5.41) is 0.171.